The van der Waals surface area contributed by atoms with Gasteiger partial charge in [-0.15, -0.1) is 12.3 Å². The Hall–Kier alpha value is -1.66. The Morgan fingerprint density at radius 3 is 2.80 bits per heavy atom. The van der Waals surface area contributed by atoms with Crippen LogP contribution in [0.4, 0.5) is 4.79 Å². The molecule has 0 fully saturated rings. The fraction of sp³-hybridized carbons (Fsp3) is 0.353. The molecule has 0 saturated heterocycles. The van der Waals surface area contributed by atoms with Crippen molar-refractivity contribution in [1.82, 2.24) is 4.90 Å². The second kappa shape index (κ2) is 10.2. The Bertz CT molecular complexity index is 462. The maximum Gasteiger partial charge on any atom is 0.282 e. The molecule has 0 unspecified atom stereocenters. The van der Waals surface area contributed by atoms with E-state index in [2.05, 4.69) is 5.92 Å². The van der Waals surface area contributed by atoms with Gasteiger partial charge in [0, 0.05) is 25.3 Å². The van der Waals surface area contributed by atoms with Crippen LogP contribution >= 0.6 is 11.8 Å². The zero-order valence-electron chi connectivity index (χ0n) is 11.9. The van der Waals surface area contributed by atoms with Gasteiger partial charge in [-0.3, -0.25) is 4.79 Å². The first-order valence-corrected chi connectivity index (χ1v) is 7.76. The Labute approximate surface area is 126 Å². The summed E-state index contributed by atoms with van der Waals surface area (Å²) in [6.45, 7) is 3.25. The molecule has 1 aromatic carbocycles. The number of allylic oxidation sites excluding steroid dienone is 1. The molecule has 0 aromatic heterocycles. The number of terminal acetylenes is 1. The minimum absolute atomic E-state index is 0.115. The molecule has 2 nitrogen and oxygen atoms in total. The van der Waals surface area contributed by atoms with E-state index in [1.807, 2.05) is 54.3 Å². The number of benzene rings is 1. The monoisotopic (exact) mass is 287 g/mol. The Kier molecular flexibility index (Phi) is 8.33. The summed E-state index contributed by atoms with van der Waals surface area (Å²) in [5, 5.41) is 0.115. The van der Waals surface area contributed by atoms with Crippen LogP contribution in [0.3, 0.4) is 0 Å². The molecule has 0 aliphatic heterocycles. The first-order chi connectivity index (χ1) is 9.77. The quantitative estimate of drug-likeness (QED) is 0.422. The van der Waals surface area contributed by atoms with Crippen molar-refractivity contribution in [3.8, 4) is 12.3 Å². The third-order valence-electron chi connectivity index (χ3n) is 2.73. The van der Waals surface area contributed by atoms with Crippen LogP contribution in [-0.4, -0.2) is 22.4 Å². The second-order valence-corrected chi connectivity index (χ2v) is 5.40. The maximum atomic E-state index is 12.2. The number of hydrogen-bond donors (Lipinski definition) is 0. The molecule has 3 heteroatoms. The van der Waals surface area contributed by atoms with Crippen molar-refractivity contribution >= 4 is 17.0 Å². The Balaban J connectivity index is 2.54. The third-order valence-corrected chi connectivity index (χ3v) is 3.72. The number of nitrogens with zero attached hydrogens (tertiary/aromatic N) is 1. The predicted molar refractivity (Wildman–Crippen MR) is 87.6 cm³/mol. The molecule has 106 valence electrons. The lowest BCUT2D eigenvalue weighted by atomic mass is 10.2. The van der Waals surface area contributed by atoms with E-state index >= 15 is 0 Å². The normalized spacial score (nSPS) is 10.4. The Morgan fingerprint density at radius 1 is 1.40 bits per heavy atom. The molecular formula is C17H21NOS. The number of unbranched alkanes of at least 4 members (excludes halogenated alkanes) is 1. The average molecular weight is 287 g/mol. The topological polar surface area (TPSA) is 20.3 Å². The highest BCUT2D eigenvalue weighted by Gasteiger charge is 2.12. The fourth-order valence-electron chi connectivity index (χ4n) is 1.67. The summed E-state index contributed by atoms with van der Waals surface area (Å²) in [5.74, 6) is 3.38. The largest absolute Gasteiger partial charge is 0.326 e. The van der Waals surface area contributed by atoms with Crippen LogP contribution in [-0.2, 0) is 6.54 Å². The molecule has 0 heterocycles. The zero-order valence-corrected chi connectivity index (χ0v) is 12.7. The van der Waals surface area contributed by atoms with E-state index in [1.54, 1.807) is 0 Å². The molecule has 0 aliphatic carbocycles. The number of thioether (sulfide) groups is 1. The number of rotatable bonds is 7. The van der Waals surface area contributed by atoms with Crippen molar-refractivity contribution in [2.24, 2.45) is 0 Å². The summed E-state index contributed by atoms with van der Waals surface area (Å²) in [7, 11) is 0. The van der Waals surface area contributed by atoms with Gasteiger partial charge in [-0.25, -0.2) is 0 Å². The summed E-state index contributed by atoms with van der Waals surface area (Å²) < 4.78 is 0. The number of amides is 1. The maximum absolute atomic E-state index is 12.2. The first kappa shape index (κ1) is 16.4. The van der Waals surface area contributed by atoms with Crippen LogP contribution in [0.2, 0.25) is 0 Å². The van der Waals surface area contributed by atoms with Crippen molar-refractivity contribution in [3.05, 3.63) is 48.0 Å². The van der Waals surface area contributed by atoms with Crippen molar-refractivity contribution in [3.63, 3.8) is 0 Å². The van der Waals surface area contributed by atoms with Gasteiger partial charge in [0.05, 0.1) is 0 Å². The lowest BCUT2D eigenvalue weighted by Gasteiger charge is -2.20. The lowest BCUT2D eigenvalue weighted by Crippen LogP contribution is -2.27. The van der Waals surface area contributed by atoms with E-state index in [9.17, 15) is 4.79 Å². The molecule has 0 saturated carbocycles. The van der Waals surface area contributed by atoms with E-state index in [1.165, 1.54) is 11.8 Å². The molecule has 0 aliphatic rings. The Morgan fingerprint density at radius 2 is 2.15 bits per heavy atom. The van der Waals surface area contributed by atoms with Gasteiger partial charge in [0.15, 0.2) is 0 Å². The SMILES string of the molecule is C#CCCCSC(=O)N(C/C=C/C)Cc1ccccc1. The van der Waals surface area contributed by atoms with E-state index in [0.717, 1.165) is 24.2 Å². The molecule has 0 bridgehead atoms. The van der Waals surface area contributed by atoms with Gasteiger partial charge in [-0.1, -0.05) is 54.2 Å². The minimum Gasteiger partial charge on any atom is -0.326 e. The van der Waals surface area contributed by atoms with Crippen LogP contribution in [0.5, 0.6) is 0 Å². The molecule has 1 aromatic rings. The molecule has 20 heavy (non-hydrogen) atoms. The predicted octanol–water partition coefficient (Wildman–Crippen LogP) is 4.33. The van der Waals surface area contributed by atoms with E-state index in [-0.39, 0.29) is 5.24 Å². The fourth-order valence-corrected chi connectivity index (χ4v) is 2.45. The zero-order chi connectivity index (χ0) is 14.6. The van der Waals surface area contributed by atoms with Crippen molar-refractivity contribution in [2.45, 2.75) is 26.3 Å². The van der Waals surface area contributed by atoms with Gasteiger partial charge >= 0.3 is 0 Å². The van der Waals surface area contributed by atoms with Crippen molar-refractivity contribution < 1.29 is 4.79 Å². The second-order valence-electron chi connectivity index (χ2n) is 4.36. The number of carbonyl (C=O) groups is 1. The highest BCUT2D eigenvalue weighted by Crippen LogP contribution is 2.14. The molecule has 0 spiro atoms. The van der Waals surface area contributed by atoms with Gasteiger partial charge in [-0.05, 0) is 18.9 Å². The standard InChI is InChI=1S/C17H21NOS/c1-3-5-10-14-20-17(19)18(13-6-4-2)15-16-11-8-7-9-12-16/h1,4,6-9,11-12H,5,10,13-15H2,2H3/b6-4+. The average Bonchev–Trinajstić information content (AvgIpc) is 2.48. The van der Waals surface area contributed by atoms with Crippen LogP contribution < -0.4 is 0 Å². The van der Waals surface area contributed by atoms with Gasteiger partial charge in [0.1, 0.15) is 0 Å². The van der Waals surface area contributed by atoms with Crippen LogP contribution in [0, 0.1) is 12.3 Å². The minimum atomic E-state index is 0.115. The van der Waals surface area contributed by atoms with Crippen LogP contribution in [0.15, 0.2) is 42.5 Å². The highest BCUT2D eigenvalue weighted by atomic mass is 32.2. The molecule has 1 amide bonds. The van der Waals surface area contributed by atoms with Gasteiger partial charge in [0.2, 0.25) is 0 Å². The van der Waals surface area contributed by atoms with Crippen LogP contribution in [0.1, 0.15) is 25.3 Å². The summed E-state index contributed by atoms with van der Waals surface area (Å²) in [5.41, 5.74) is 1.15. The van der Waals surface area contributed by atoms with Gasteiger partial charge < -0.3 is 4.90 Å². The number of hydrogen-bond acceptors (Lipinski definition) is 2. The first-order valence-electron chi connectivity index (χ1n) is 6.78. The molecule has 1 rings (SSSR count). The highest BCUT2D eigenvalue weighted by molar-refractivity contribution is 8.13. The number of carbonyl (C=O) groups excluding carboxylic acids is 1. The summed E-state index contributed by atoms with van der Waals surface area (Å²) in [6.07, 6.45) is 10.8. The van der Waals surface area contributed by atoms with E-state index < -0.39 is 0 Å². The van der Waals surface area contributed by atoms with E-state index in [4.69, 9.17) is 6.42 Å². The van der Waals surface area contributed by atoms with Crippen molar-refractivity contribution in [1.29, 1.82) is 0 Å². The van der Waals surface area contributed by atoms with Crippen molar-refractivity contribution in [2.75, 3.05) is 12.3 Å². The molecule has 0 N–H and O–H groups in total. The summed E-state index contributed by atoms with van der Waals surface area (Å²) in [4.78, 5) is 14.1. The van der Waals surface area contributed by atoms with Crippen LogP contribution in [0.25, 0.3) is 0 Å². The summed E-state index contributed by atoms with van der Waals surface area (Å²) >= 11 is 1.35. The van der Waals surface area contributed by atoms with Gasteiger partial charge in [-0.2, -0.15) is 0 Å². The summed E-state index contributed by atoms with van der Waals surface area (Å²) in [6, 6.07) is 10.1. The van der Waals surface area contributed by atoms with Gasteiger partial charge in [0.25, 0.3) is 5.24 Å². The third kappa shape index (κ3) is 6.49. The lowest BCUT2D eigenvalue weighted by molar-refractivity contribution is 0.226. The molecular weight excluding hydrogens is 266 g/mol. The smallest absolute Gasteiger partial charge is 0.282 e. The molecule has 0 radical (unpaired) electrons. The molecule has 0 atom stereocenters. The van der Waals surface area contributed by atoms with E-state index in [0.29, 0.717) is 13.1 Å².